The van der Waals surface area contributed by atoms with Gasteiger partial charge in [0.25, 0.3) is 10.0 Å². The lowest BCUT2D eigenvalue weighted by Gasteiger charge is -2.14. The van der Waals surface area contributed by atoms with E-state index in [2.05, 4.69) is 34.1 Å². The molecule has 0 aliphatic heterocycles. The Morgan fingerprint density at radius 1 is 1.24 bits per heavy atom. The molecule has 0 aliphatic carbocycles. The van der Waals surface area contributed by atoms with Crippen LogP contribution in [-0.2, 0) is 16.6 Å². The van der Waals surface area contributed by atoms with Crippen molar-refractivity contribution in [2.45, 2.75) is 64.6 Å². The summed E-state index contributed by atoms with van der Waals surface area (Å²) in [4.78, 5) is 0. The molecule has 3 N–H and O–H groups in total. The number of H-pyrrole nitrogens is 1. The monoisotopic (exact) mass is 316 g/mol. The normalized spacial score (nSPS) is 13.8. The largest absolute Gasteiger partial charge is 0.316 e. The van der Waals surface area contributed by atoms with Gasteiger partial charge in [-0.1, -0.05) is 26.7 Å². The van der Waals surface area contributed by atoms with Gasteiger partial charge in [-0.15, -0.1) is 0 Å². The number of hydrogen-bond donors (Lipinski definition) is 3. The summed E-state index contributed by atoms with van der Waals surface area (Å²) in [5.41, 5.74) is 1.47. The van der Waals surface area contributed by atoms with E-state index in [1.165, 1.54) is 0 Å². The molecule has 7 heteroatoms. The van der Waals surface area contributed by atoms with Crippen molar-refractivity contribution < 1.29 is 8.42 Å². The van der Waals surface area contributed by atoms with Gasteiger partial charge in [0.15, 0.2) is 5.03 Å². The Morgan fingerprint density at radius 2 is 1.90 bits per heavy atom. The Hall–Kier alpha value is -0.920. The lowest BCUT2D eigenvalue weighted by atomic mass is 10.0. The molecule has 1 rings (SSSR count). The van der Waals surface area contributed by atoms with E-state index in [1.54, 1.807) is 7.05 Å². The molecule has 122 valence electrons. The first-order valence-corrected chi connectivity index (χ1v) is 8.97. The average molecular weight is 316 g/mol. The molecule has 0 saturated carbocycles. The van der Waals surface area contributed by atoms with E-state index < -0.39 is 10.0 Å². The SMILES string of the molecule is CNCc1c(S(=O)(=O)NC(C)CCCC(C)C)n[nH]c1C. The van der Waals surface area contributed by atoms with Crippen molar-refractivity contribution in [1.29, 1.82) is 0 Å². The predicted octanol–water partition coefficient (Wildman–Crippen LogP) is 1.93. The minimum atomic E-state index is -3.57. The molecule has 0 amide bonds. The van der Waals surface area contributed by atoms with Gasteiger partial charge in [0.2, 0.25) is 0 Å². The first-order chi connectivity index (χ1) is 9.77. The van der Waals surface area contributed by atoms with Crippen LogP contribution in [-0.4, -0.2) is 31.7 Å². The van der Waals surface area contributed by atoms with Crippen molar-refractivity contribution in [3.8, 4) is 0 Å². The first kappa shape index (κ1) is 18.1. The summed E-state index contributed by atoms with van der Waals surface area (Å²) in [5.74, 6) is 0.644. The summed E-state index contributed by atoms with van der Waals surface area (Å²) in [6.07, 6.45) is 2.96. The Morgan fingerprint density at radius 3 is 2.48 bits per heavy atom. The summed E-state index contributed by atoms with van der Waals surface area (Å²) in [7, 11) is -1.79. The fourth-order valence-electron chi connectivity index (χ4n) is 2.25. The van der Waals surface area contributed by atoms with E-state index >= 15 is 0 Å². The van der Waals surface area contributed by atoms with Crippen LogP contribution in [0.3, 0.4) is 0 Å². The third kappa shape index (κ3) is 5.41. The summed E-state index contributed by atoms with van der Waals surface area (Å²) < 4.78 is 27.6. The Balaban J connectivity index is 2.73. The molecule has 0 fully saturated rings. The molecule has 1 aromatic rings. The number of aromatic amines is 1. The highest BCUT2D eigenvalue weighted by Gasteiger charge is 2.24. The summed E-state index contributed by atoms with van der Waals surface area (Å²) in [5, 5.41) is 9.78. The maximum Gasteiger partial charge on any atom is 0.260 e. The second-order valence-corrected chi connectivity index (χ2v) is 7.64. The topological polar surface area (TPSA) is 86.9 Å². The van der Waals surface area contributed by atoms with Crippen LogP contribution in [0.5, 0.6) is 0 Å². The van der Waals surface area contributed by atoms with Crippen LogP contribution in [0.25, 0.3) is 0 Å². The fourth-order valence-corrected chi connectivity index (χ4v) is 3.72. The second-order valence-electron chi connectivity index (χ2n) is 6.01. The zero-order valence-corrected chi connectivity index (χ0v) is 14.5. The molecule has 6 nitrogen and oxygen atoms in total. The van der Waals surface area contributed by atoms with Crippen molar-refractivity contribution >= 4 is 10.0 Å². The van der Waals surface area contributed by atoms with Crippen LogP contribution in [0, 0.1) is 12.8 Å². The Bertz CT molecular complexity index is 537. The zero-order chi connectivity index (χ0) is 16.0. The minimum Gasteiger partial charge on any atom is -0.316 e. The molecule has 0 saturated heterocycles. The number of sulfonamides is 1. The van der Waals surface area contributed by atoms with Gasteiger partial charge in [0.1, 0.15) is 0 Å². The molecule has 1 aromatic heterocycles. The fraction of sp³-hybridized carbons (Fsp3) is 0.786. The molecular formula is C14H28N4O2S. The van der Waals surface area contributed by atoms with Crippen molar-refractivity contribution in [3.63, 3.8) is 0 Å². The smallest absolute Gasteiger partial charge is 0.260 e. The van der Waals surface area contributed by atoms with Crippen LogP contribution < -0.4 is 10.0 Å². The van der Waals surface area contributed by atoms with E-state index in [4.69, 9.17) is 0 Å². The number of rotatable bonds is 9. The zero-order valence-electron chi connectivity index (χ0n) is 13.7. The Labute approximate surface area is 128 Å². The van der Waals surface area contributed by atoms with Crippen molar-refractivity contribution in [1.82, 2.24) is 20.2 Å². The van der Waals surface area contributed by atoms with Crippen molar-refractivity contribution in [2.75, 3.05) is 7.05 Å². The number of aromatic nitrogens is 2. The molecule has 1 atom stereocenters. The first-order valence-electron chi connectivity index (χ1n) is 7.48. The van der Waals surface area contributed by atoms with E-state index in [0.29, 0.717) is 18.0 Å². The highest BCUT2D eigenvalue weighted by atomic mass is 32.2. The summed E-state index contributed by atoms with van der Waals surface area (Å²) in [6.45, 7) is 8.54. The molecule has 0 spiro atoms. The summed E-state index contributed by atoms with van der Waals surface area (Å²) >= 11 is 0. The van der Waals surface area contributed by atoms with Gasteiger partial charge in [0, 0.05) is 23.8 Å². The van der Waals surface area contributed by atoms with Crippen LogP contribution >= 0.6 is 0 Å². The average Bonchev–Trinajstić information content (AvgIpc) is 2.71. The third-order valence-corrected chi connectivity index (χ3v) is 4.98. The number of hydrogen-bond acceptors (Lipinski definition) is 4. The maximum absolute atomic E-state index is 12.4. The summed E-state index contributed by atoms with van der Waals surface area (Å²) in [6, 6.07) is -0.0896. The molecule has 1 heterocycles. The van der Waals surface area contributed by atoms with Gasteiger partial charge in [-0.3, -0.25) is 5.10 Å². The highest BCUT2D eigenvalue weighted by molar-refractivity contribution is 7.89. The van der Waals surface area contributed by atoms with Gasteiger partial charge in [-0.25, -0.2) is 13.1 Å². The lowest BCUT2D eigenvalue weighted by Crippen LogP contribution is -2.33. The van der Waals surface area contributed by atoms with Gasteiger partial charge < -0.3 is 5.32 Å². The van der Waals surface area contributed by atoms with Gasteiger partial charge in [-0.05, 0) is 33.2 Å². The van der Waals surface area contributed by atoms with Crippen LogP contribution in [0.15, 0.2) is 5.03 Å². The van der Waals surface area contributed by atoms with Crippen LogP contribution in [0.1, 0.15) is 51.3 Å². The standard InChI is InChI=1S/C14H28N4O2S/c1-10(2)7-6-8-11(3)18-21(19,20)14-13(9-15-5)12(4)16-17-14/h10-11,15,18H,6-9H2,1-5H3,(H,16,17). The number of nitrogens with one attached hydrogen (secondary N) is 3. The van der Waals surface area contributed by atoms with E-state index in [1.807, 2.05) is 13.8 Å². The molecule has 0 aliphatic rings. The lowest BCUT2D eigenvalue weighted by molar-refractivity contribution is 0.487. The maximum atomic E-state index is 12.4. The number of nitrogens with zero attached hydrogens (tertiary/aromatic N) is 1. The van der Waals surface area contributed by atoms with Crippen molar-refractivity contribution in [2.24, 2.45) is 5.92 Å². The van der Waals surface area contributed by atoms with Crippen LogP contribution in [0.2, 0.25) is 0 Å². The predicted molar refractivity (Wildman–Crippen MR) is 84.6 cm³/mol. The number of aryl methyl sites for hydroxylation is 1. The van der Waals surface area contributed by atoms with Gasteiger partial charge in [0.05, 0.1) is 0 Å². The molecule has 0 radical (unpaired) electrons. The minimum absolute atomic E-state index is 0.0896. The van der Waals surface area contributed by atoms with E-state index in [9.17, 15) is 8.42 Å². The molecule has 0 aromatic carbocycles. The highest BCUT2D eigenvalue weighted by Crippen LogP contribution is 2.17. The van der Waals surface area contributed by atoms with E-state index in [-0.39, 0.29) is 11.1 Å². The van der Waals surface area contributed by atoms with Gasteiger partial charge in [-0.2, -0.15) is 5.10 Å². The van der Waals surface area contributed by atoms with E-state index in [0.717, 1.165) is 25.0 Å². The third-order valence-electron chi connectivity index (χ3n) is 3.42. The quantitative estimate of drug-likeness (QED) is 0.649. The Kier molecular flexibility index (Phi) is 6.83. The molecule has 1 unspecified atom stereocenters. The molecule has 21 heavy (non-hydrogen) atoms. The van der Waals surface area contributed by atoms with Gasteiger partial charge >= 0.3 is 0 Å². The second kappa shape index (κ2) is 7.91. The molecule has 0 bridgehead atoms. The van der Waals surface area contributed by atoms with Crippen LogP contribution in [0.4, 0.5) is 0 Å². The van der Waals surface area contributed by atoms with Crippen molar-refractivity contribution in [3.05, 3.63) is 11.3 Å². The molecular weight excluding hydrogens is 288 g/mol.